The SMILES string of the molecule is Cc1cc(C)cc(-c2ncnc(N)c2C)c1. The van der Waals surface area contributed by atoms with E-state index in [0.29, 0.717) is 5.82 Å². The quantitative estimate of drug-likeness (QED) is 0.792. The highest BCUT2D eigenvalue weighted by atomic mass is 14.9. The van der Waals surface area contributed by atoms with Crippen LogP contribution >= 0.6 is 0 Å². The summed E-state index contributed by atoms with van der Waals surface area (Å²) >= 11 is 0. The molecule has 0 amide bonds. The van der Waals surface area contributed by atoms with Gasteiger partial charge in [0.15, 0.2) is 0 Å². The Balaban J connectivity index is 2.63. The number of aromatic nitrogens is 2. The normalized spacial score (nSPS) is 10.4. The maximum atomic E-state index is 5.78. The molecule has 2 N–H and O–H groups in total. The van der Waals surface area contributed by atoms with Crippen LogP contribution in [0.25, 0.3) is 11.3 Å². The second kappa shape index (κ2) is 3.93. The zero-order valence-corrected chi connectivity index (χ0v) is 9.78. The van der Waals surface area contributed by atoms with Gasteiger partial charge in [0.2, 0.25) is 0 Å². The molecule has 16 heavy (non-hydrogen) atoms. The first-order chi connectivity index (χ1) is 7.58. The zero-order valence-electron chi connectivity index (χ0n) is 9.78. The highest BCUT2D eigenvalue weighted by Crippen LogP contribution is 2.25. The number of hydrogen-bond donors (Lipinski definition) is 1. The minimum absolute atomic E-state index is 0.546. The van der Waals surface area contributed by atoms with Gasteiger partial charge in [0.1, 0.15) is 12.1 Å². The molecule has 0 saturated heterocycles. The van der Waals surface area contributed by atoms with Crippen molar-refractivity contribution in [1.29, 1.82) is 0 Å². The number of hydrogen-bond acceptors (Lipinski definition) is 3. The average molecular weight is 213 g/mol. The number of anilines is 1. The standard InChI is InChI=1S/C13H15N3/c1-8-4-9(2)6-11(5-8)12-10(3)13(14)16-7-15-12/h4-7H,1-3H3,(H2,14,15,16). The van der Waals surface area contributed by atoms with Crippen LogP contribution < -0.4 is 5.73 Å². The van der Waals surface area contributed by atoms with Crippen LogP contribution in [0.3, 0.4) is 0 Å². The van der Waals surface area contributed by atoms with Crippen molar-refractivity contribution >= 4 is 5.82 Å². The van der Waals surface area contributed by atoms with E-state index in [-0.39, 0.29) is 0 Å². The molecule has 0 aliphatic carbocycles. The Hall–Kier alpha value is -1.90. The maximum absolute atomic E-state index is 5.78. The third-order valence-electron chi connectivity index (χ3n) is 2.62. The first-order valence-corrected chi connectivity index (χ1v) is 5.23. The van der Waals surface area contributed by atoms with Crippen molar-refractivity contribution in [2.75, 3.05) is 5.73 Å². The van der Waals surface area contributed by atoms with E-state index in [0.717, 1.165) is 16.8 Å². The summed E-state index contributed by atoms with van der Waals surface area (Å²) in [5.74, 6) is 0.546. The number of nitrogens with zero attached hydrogens (tertiary/aromatic N) is 2. The Kier molecular flexibility index (Phi) is 2.60. The van der Waals surface area contributed by atoms with Crippen molar-refractivity contribution < 1.29 is 0 Å². The van der Waals surface area contributed by atoms with Crippen LogP contribution in [0.4, 0.5) is 5.82 Å². The molecule has 3 heteroatoms. The molecule has 1 aromatic carbocycles. The zero-order chi connectivity index (χ0) is 11.7. The van der Waals surface area contributed by atoms with Crippen molar-refractivity contribution in [3.63, 3.8) is 0 Å². The Morgan fingerprint density at radius 2 is 1.56 bits per heavy atom. The molecule has 2 rings (SSSR count). The van der Waals surface area contributed by atoms with E-state index in [2.05, 4.69) is 42.0 Å². The Morgan fingerprint density at radius 3 is 2.19 bits per heavy atom. The maximum Gasteiger partial charge on any atom is 0.130 e. The minimum Gasteiger partial charge on any atom is -0.383 e. The molecule has 0 radical (unpaired) electrons. The fraction of sp³-hybridized carbons (Fsp3) is 0.231. The van der Waals surface area contributed by atoms with Gasteiger partial charge in [-0.15, -0.1) is 0 Å². The number of rotatable bonds is 1. The van der Waals surface area contributed by atoms with E-state index >= 15 is 0 Å². The summed E-state index contributed by atoms with van der Waals surface area (Å²) in [5, 5.41) is 0. The molecule has 0 aliphatic heterocycles. The molecule has 82 valence electrons. The molecule has 0 fully saturated rings. The third kappa shape index (κ3) is 1.89. The molecule has 0 atom stereocenters. The van der Waals surface area contributed by atoms with E-state index in [1.807, 2.05) is 6.92 Å². The summed E-state index contributed by atoms with van der Waals surface area (Å²) in [6.45, 7) is 6.11. The van der Waals surface area contributed by atoms with Gasteiger partial charge in [0, 0.05) is 11.1 Å². The van der Waals surface area contributed by atoms with Crippen LogP contribution in [-0.2, 0) is 0 Å². The Labute approximate surface area is 95.4 Å². The average Bonchev–Trinajstić information content (AvgIpc) is 2.20. The van der Waals surface area contributed by atoms with Crippen LogP contribution in [0, 0.1) is 20.8 Å². The summed E-state index contributed by atoms with van der Waals surface area (Å²) in [6, 6.07) is 6.37. The molecule has 1 aromatic heterocycles. The van der Waals surface area contributed by atoms with Crippen molar-refractivity contribution in [1.82, 2.24) is 9.97 Å². The number of benzene rings is 1. The van der Waals surface area contributed by atoms with Gasteiger partial charge in [0.05, 0.1) is 5.69 Å². The lowest BCUT2D eigenvalue weighted by atomic mass is 10.0. The lowest BCUT2D eigenvalue weighted by molar-refractivity contribution is 1.14. The largest absolute Gasteiger partial charge is 0.383 e. The van der Waals surface area contributed by atoms with Crippen LogP contribution in [0.15, 0.2) is 24.5 Å². The topological polar surface area (TPSA) is 51.8 Å². The molecule has 0 saturated carbocycles. The van der Waals surface area contributed by atoms with Crippen LogP contribution in [0.5, 0.6) is 0 Å². The lowest BCUT2D eigenvalue weighted by Crippen LogP contribution is -1.98. The fourth-order valence-corrected chi connectivity index (χ4v) is 1.87. The summed E-state index contributed by atoms with van der Waals surface area (Å²) in [6.07, 6.45) is 1.51. The van der Waals surface area contributed by atoms with E-state index in [1.165, 1.54) is 17.5 Å². The Morgan fingerprint density at radius 1 is 0.938 bits per heavy atom. The second-order valence-corrected chi connectivity index (χ2v) is 4.11. The van der Waals surface area contributed by atoms with Crippen LogP contribution in [0.1, 0.15) is 16.7 Å². The van der Waals surface area contributed by atoms with Gasteiger partial charge in [-0.05, 0) is 32.9 Å². The van der Waals surface area contributed by atoms with Crippen LogP contribution in [0.2, 0.25) is 0 Å². The van der Waals surface area contributed by atoms with Crippen molar-refractivity contribution in [3.05, 3.63) is 41.2 Å². The van der Waals surface area contributed by atoms with Gasteiger partial charge in [-0.3, -0.25) is 0 Å². The smallest absolute Gasteiger partial charge is 0.130 e. The van der Waals surface area contributed by atoms with Crippen molar-refractivity contribution in [2.45, 2.75) is 20.8 Å². The third-order valence-corrected chi connectivity index (χ3v) is 2.62. The molecular formula is C13H15N3. The molecule has 0 unspecified atom stereocenters. The Bertz CT molecular complexity index is 512. The van der Waals surface area contributed by atoms with Gasteiger partial charge in [-0.1, -0.05) is 17.2 Å². The predicted octanol–water partition coefficient (Wildman–Crippen LogP) is 2.65. The molecule has 0 spiro atoms. The molecule has 2 aromatic rings. The number of aryl methyl sites for hydroxylation is 2. The van der Waals surface area contributed by atoms with Gasteiger partial charge in [0.25, 0.3) is 0 Å². The van der Waals surface area contributed by atoms with Gasteiger partial charge in [-0.2, -0.15) is 0 Å². The minimum atomic E-state index is 0.546. The van der Waals surface area contributed by atoms with E-state index in [9.17, 15) is 0 Å². The van der Waals surface area contributed by atoms with Crippen molar-refractivity contribution in [2.24, 2.45) is 0 Å². The molecular weight excluding hydrogens is 198 g/mol. The second-order valence-electron chi connectivity index (χ2n) is 4.11. The van der Waals surface area contributed by atoms with Gasteiger partial charge >= 0.3 is 0 Å². The first-order valence-electron chi connectivity index (χ1n) is 5.23. The number of nitrogens with two attached hydrogens (primary N) is 1. The summed E-state index contributed by atoms with van der Waals surface area (Å²) in [5.41, 5.74) is 11.2. The van der Waals surface area contributed by atoms with Crippen molar-refractivity contribution in [3.8, 4) is 11.3 Å². The van der Waals surface area contributed by atoms with Crippen LogP contribution in [-0.4, -0.2) is 9.97 Å². The monoisotopic (exact) mass is 213 g/mol. The molecule has 0 bridgehead atoms. The fourth-order valence-electron chi connectivity index (χ4n) is 1.87. The first kappa shape index (κ1) is 10.6. The van der Waals surface area contributed by atoms with Gasteiger partial charge < -0.3 is 5.73 Å². The highest BCUT2D eigenvalue weighted by molar-refractivity contribution is 5.68. The summed E-state index contributed by atoms with van der Waals surface area (Å²) in [4.78, 5) is 8.28. The summed E-state index contributed by atoms with van der Waals surface area (Å²) in [7, 11) is 0. The molecule has 0 aliphatic rings. The molecule has 3 nitrogen and oxygen atoms in total. The molecule has 1 heterocycles. The van der Waals surface area contributed by atoms with E-state index < -0.39 is 0 Å². The van der Waals surface area contributed by atoms with Gasteiger partial charge in [-0.25, -0.2) is 9.97 Å². The number of nitrogen functional groups attached to an aromatic ring is 1. The predicted molar refractivity (Wildman–Crippen MR) is 66.1 cm³/mol. The lowest BCUT2D eigenvalue weighted by Gasteiger charge is -2.08. The summed E-state index contributed by atoms with van der Waals surface area (Å²) < 4.78 is 0. The van der Waals surface area contributed by atoms with E-state index in [4.69, 9.17) is 5.73 Å². The highest BCUT2D eigenvalue weighted by Gasteiger charge is 2.07. The van der Waals surface area contributed by atoms with E-state index in [1.54, 1.807) is 0 Å².